The fourth-order valence-electron chi connectivity index (χ4n) is 4.50. The summed E-state index contributed by atoms with van der Waals surface area (Å²) < 4.78 is 43.6. The SMILES string of the molecule is COCCN1C[C@@]23CN(C(=O)C4CCOC4)C[C@@H](C[C@@H]2S1(=O)=O)O3. The maximum atomic E-state index is 12.8. The Morgan fingerprint density at radius 2 is 2.21 bits per heavy atom. The number of hydrogen-bond donors (Lipinski definition) is 0. The number of nitrogens with zero attached hydrogens (tertiary/aromatic N) is 2. The Morgan fingerprint density at radius 1 is 1.38 bits per heavy atom. The zero-order valence-corrected chi connectivity index (χ0v) is 14.7. The molecule has 136 valence electrons. The van der Waals surface area contributed by atoms with Crippen molar-refractivity contribution < 1.29 is 27.4 Å². The molecule has 0 aromatic heterocycles. The molecule has 8 nitrogen and oxygen atoms in total. The molecule has 4 aliphatic heterocycles. The number of hydrogen-bond acceptors (Lipinski definition) is 6. The summed E-state index contributed by atoms with van der Waals surface area (Å²) in [6.45, 7) is 2.92. The summed E-state index contributed by atoms with van der Waals surface area (Å²) in [6.07, 6.45) is 1.03. The van der Waals surface area contributed by atoms with Crippen molar-refractivity contribution in [2.24, 2.45) is 5.92 Å². The van der Waals surface area contributed by atoms with Crippen LogP contribution in [-0.2, 0) is 29.0 Å². The molecule has 0 saturated carbocycles. The van der Waals surface area contributed by atoms with Crippen LogP contribution in [0.5, 0.6) is 0 Å². The molecule has 0 N–H and O–H groups in total. The number of carbonyl (C=O) groups excluding carboxylic acids is 1. The van der Waals surface area contributed by atoms with E-state index in [2.05, 4.69) is 0 Å². The van der Waals surface area contributed by atoms with Gasteiger partial charge in [-0.25, -0.2) is 8.42 Å². The van der Waals surface area contributed by atoms with Gasteiger partial charge in [-0.2, -0.15) is 4.31 Å². The Morgan fingerprint density at radius 3 is 2.92 bits per heavy atom. The number of amides is 1. The fourth-order valence-corrected chi connectivity index (χ4v) is 6.79. The van der Waals surface area contributed by atoms with Crippen molar-refractivity contribution in [2.45, 2.75) is 29.8 Å². The van der Waals surface area contributed by atoms with Gasteiger partial charge in [-0.05, 0) is 12.8 Å². The standard InChI is InChI=1S/C15H24N2O6S/c1-21-5-3-17-10-15-9-16(14(18)11-2-4-22-8-11)7-12(23-15)6-13(15)24(17,19)20/h11-13H,2-10H2,1H3/t11?,12-,13+,15+/m1/s1. The van der Waals surface area contributed by atoms with Crippen LogP contribution in [0.4, 0.5) is 0 Å². The first-order valence-corrected chi connectivity index (χ1v) is 9.99. The Labute approximate surface area is 142 Å². The lowest BCUT2D eigenvalue weighted by Crippen LogP contribution is -2.57. The summed E-state index contributed by atoms with van der Waals surface area (Å²) in [6, 6.07) is 0. The Hall–Kier alpha value is -0.740. The highest BCUT2D eigenvalue weighted by molar-refractivity contribution is 7.90. The number of fused-ring (bicyclic) bond motifs is 1. The first-order chi connectivity index (χ1) is 11.5. The predicted molar refractivity (Wildman–Crippen MR) is 83.9 cm³/mol. The van der Waals surface area contributed by atoms with E-state index < -0.39 is 20.9 Å². The third-order valence-corrected chi connectivity index (χ3v) is 8.02. The van der Waals surface area contributed by atoms with Gasteiger partial charge in [0.25, 0.3) is 0 Å². The van der Waals surface area contributed by atoms with E-state index in [9.17, 15) is 13.2 Å². The first kappa shape index (κ1) is 16.7. The molecule has 4 aliphatic rings. The van der Waals surface area contributed by atoms with E-state index in [0.29, 0.717) is 52.4 Å². The second-order valence-electron chi connectivity index (χ2n) is 7.18. The molecule has 1 spiro atoms. The summed E-state index contributed by atoms with van der Waals surface area (Å²) in [4.78, 5) is 14.5. The average molecular weight is 360 g/mol. The van der Waals surface area contributed by atoms with Gasteiger partial charge < -0.3 is 19.1 Å². The van der Waals surface area contributed by atoms with Gasteiger partial charge in [0.2, 0.25) is 15.9 Å². The quantitative estimate of drug-likeness (QED) is 0.643. The van der Waals surface area contributed by atoms with Gasteiger partial charge in [0, 0.05) is 33.4 Å². The van der Waals surface area contributed by atoms with E-state index in [-0.39, 0.29) is 17.9 Å². The molecule has 4 saturated heterocycles. The zero-order chi connectivity index (χ0) is 16.9. The molecule has 0 aromatic rings. The number of likely N-dealkylation sites (tertiary alicyclic amines) is 1. The number of methoxy groups -OCH3 is 1. The average Bonchev–Trinajstić information content (AvgIpc) is 3.21. The highest BCUT2D eigenvalue weighted by Gasteiger charge is 2.65. The van der Waals surface area contributed by atoms with Gasteiger partial charge in [-0.15, -0.1) is 0 Å². The molecule has 4 atom stereocenters. The van der Waals surface area contributed by atoms with Crippen LogP contribution in [0.15, 0.2) is 0 Å². The van der Waals surface area contributed by atoms with Gasteiger partial charge in [0.05, 0.1) is 31.8 Å². The number of ether oxygens (including phenoxy) is 3. The van der Waals surface area contributed by atoms with Crippen molar-refractivity contribution in [3.8, 4) is 0 Å². The van der Waals surface area contributed by atoms with Crippen molar-refractivity contribution in [1.82, 2.24) is 9.21 Å². The number of rotatable bonds is 4. The van der Waals surface area contributed by atoms with E-state index in [0.717, 1.165) is 6.42 Å². The molecule has 0 aliphatic carbocycles. The van der Waals surface area contributed by atoms with Gasteiger partial charge in [-0.1, -0.05) is 0 Å². The molecule has 4 fully saturated rings. The van der Waals surface area contributed by atoms with Crippen molar-refractivity contribution in [3.05, 3.63) is 0 Å². The van der Waals surface area contributed by atoms with Crippen LogP contribution in [0.2, 0.25) is 0 Å². The van der Waals surface area contributed by atoms with E-state index >= 15 is 0 Å². The van der Waals surface area contributed by atoms with Crippen LogP contribution < -0.4 is 0 Å². The largest absolute Gasteiger partial charge is 0.383 e. The van der Waals surface area contributed by atoms with Crippen LogP contribution >= 0.6 is 0 Å². The summed E-state index contributed by atoms with van der Waals surface area (Å²) in [5.74, 6) is -0.0199. The lowest BCUT2D eigenvalue weighted by molar-refractivity contribution is -0.154. The summed E-state index contributed by atoms with van der Waals surface area (Å²) in [7, 11) is -1.85. The molecule has 1 amide bonds. The first-order valence-electron chi connectivity index (χ1n) is 8.48. The predicted octanol–water partition coefficient (Wildman–Crippen LogP) is -0.947. The number of carbonyl (C=O) groups is 1. The van der Waals surface area contributed by atoms with Crippen molar-refractivity contribution in [2.75, 3.05) is 53.1 Å². The van der Waals surface area contributed by atoms with E-state index in [1.165, 1.54) is 4.31 Å². The molecule has 0 radical (unpaired) electrons. The molecule has 0 aromatic carbocycles. The molecule has 24 heavy (non-hydrogen) atoms. The van der Waals surface area contributed by atoms with Crippen LogP contribution in [0.25, 0.3) is 0 Å². The molecular formula is C15H24N2O6S. The topological polar surface area (TPSA) is 85.4 Å². The van der Waals surface area contributed by atoms with E-state index in [4.69, 9.17) is 14.2 Å². The van der Waals surface area contributed by atoms with Crippen molar-refractivity contribution in [1.29, 1.82) is 0 Å². The number of morpholine rings is 1. The molecule has 2 bridgehead atoms. The van der Waals surface area contributed by atoms with E-state index in [1.54, 1.807) is 7.11 Å². The van der Waals surface area contributed by atoms with Gasteiger partial charge in [0.1, 0.15) is 10.9 Å². The third kappa shape index (κ3) is 2.48. The maximum Gasteiger partial charge on any atom is 0.228 e. The van der Waals surface area contributed by atoms with Crippen LogP contribution in [0.1, 0.15) is 12.8 Å². The van der Waals surface area contributed by atoms with Crippen LogP contribution in [0.3, 0.4) is 0 Å². The lowest BCUT2D eigenvalue weighted by atomic mass is 9.98. The highest BCUT2D eigenvalue weighted by Crippen LogP contribution is 2.46. The minimum atomic E-state index is -3.40. The van der Waals surface area contributed by atoms with Gasteiger partial charge >= 0.3 is 0 Å². The Balaban J connectivity index is 1.54. The van der Waals surface area contributed by atoms with Gasteiger partial charge in [-0.3, -0.25) is 4.79 Å². The second kappa shape index (κ2) is 5.91. The van der Waals surface area contributed by atoms with Gasteiger partial charge in [0.15, 0.2) is 0 Å². The van der Waals surface area contributed by atoms with Crippen molar-refractivity contribution in [3.63, 3.8) is 0 Å². The van der Waals surface area contributed by atoms with E-state index in [1.807, 2.05) is 4.90 Å². The smallest absolute Gasteiger partial charge is 0.228 e. The summed E-state index contributed by atoms with van der Waals surface area (Å²) >= 11 is 0. The minimum absolute atomic E-state index is 0.0774. The summed E-state index contributed by atoms with van der Waals surface area (Å²) in [5, 5.41) is -0.551. The monoisotopic (exact) mass is 360 g/mol. The minimum Gasteiger partial charge on any atom is -0.383 e. The zero-order valence-electron chi connectivity index (χ0n) is 13.8. The molecule has 9 heteroatoms. The molecule has 4 heterocycles. The Kier molecular flexibility index (Phi) is 4.12. The number of sulfonamides is 1. The van der Waals surface area contributed by atoms with Crippen LogP contribution in [-0.4, -0.2) is 93.6 Å². The maximum absolute atomic E-state index is 12.8. The van der Waals surface area contributed by atoms with Crippen molar-refractivity contribution >= 4 is 15.9 Å². The normalized spacial score (nSPS) is 40.9. The highest BCUT2D eigenvalue weighted by atomic mass is 32.2. The van der Waals surface area contributed by atoms with Crippen LogP contribution in [0, 0.1) is 5.92 Å². The fraction of sp³-hybridized carbons (Fsp3) is 0.933. The second-order valence-corrected chi connectivity index (χ2v) is 9.29. The third-order valence-electron chi connectivity index (χ3n) is 5.65. The Bertz CT molecular complexity index is 619. The lowest BCUT2D eigenvalue weighted by Gasteiger charge is -2.40. The summed E-state index contributed by atoms with van der Waals surface area (Å²) in [5.41, 5.74) is -0.787. The molecule has 4 rings (SSSR count). The molecule has 1 unspecified atom stereocenters. The molecular weight excluding hydrogens is 336 g/mol.